The third-order valence-electron chi connectivity index (χ3n) is 3.41. The summed E-state index contributed by atoms with van der Waals surface area (Å²) in [4.78, 5) is 0. The summed E-state index contributed by atoms with van der Waals surface area (Å²) < 4.78 is 16.1. The van der Waals surface area contributed by atoms with Gasteiger partial charge in [0, 0.05) is 19.8 Å². The summed E-state index contributed by atoms with van der Waals surface area (Å²) in [5.74, 6) is 0. The zero-order chi connectivity index (χ0) is 11.2. The molecule has 3 atom stereocenters. The van der Waals surface area contributed by atoms with E-state index in [1.54, 1.807) is 7.11 Å². The van der Waals surface area contributed by atoms with Crippen molar-refractivity contribution in [2.24, 2.45) is 0 Å². The second kappa shape index (κ2) is 6.55. The molecular weight excluding hydrogens is 206 g/mol. The van der Waals surface area contributed by atoms with Gasteiger partial charge < -0.3 is 19.5 Å². The highest BCUT2D eigenvalue weighted by Crippen LogP contribution is 2.34. The number of hydrogen-bond acceptors (Lipinski definition) is 4. The number of methoxy groups -OCH3 is 1. The van der Waals surface area contributed by atoms with Crippen LogP contribution >= 0.6 is 0 Å². The molecule has 16 heavy (non-hydrogen) atoms. The van der Waals surface area contributed by atoms with Crippen molar-refractivity contribution < 1.29 is 14.2 Å². The van der Waals surface area contributed by atoms with E-state index in [2.05, 4.69) is 5.32 Å². The van der Waals surface area contributed by atoms with Crippen molar-refractivity contribution in [3.63, 3.8) is 0 Å². The van der Waals surface area contributed by atoms with E-state index in [0.29, 0.717) is 31.5 Å². The van der Waals surface area contributed by atoms with E-state index in [9.17, 15) is 0 Å². The van der Waals surface area contributed by atoms with Crippen molar-refractivity contribution >= 4 is 0 Å². The normalized spacial score (nSPS) is 32.4. The highest BCUT2D eigenvalue weighted by atomic mass is 16.5. The highest BCUT2D eigenvalue weighted by molar-refractivity contribution is 4.93. The highest BCUT2D eigenvalue weighted by Gasteiger charge is 2.40. The summed E-state index contributed by atoms with van der Waals surface area (Å²) in [6, 6.07) is 0.595. The molecule has 3 unspecified atom stereocenters. The van der Waals surface area contributed by atoms with Crippen LogP contribution in [0.4, 0.5) is 0 Å². The van der Waals surface area contributed by atoms with Crippen molar-refractivity contribution in [1.82, 2.24) is 5.32 Å². The Balaban J connectivity index is 1.43. The zero-order valence-electron chi connectivity index (χ0n) is 10.1. The fourth-order valence-corrected chi connectivity index (χ4v) is 2.56. The van der Waals surface area contributed by atoms with E-state index in [4.69, 9.17) is 14.2 Å². The number of fused-ring (bicyclic) bond motifs is 2. The van der Waals surface area contributed by atoms with Gasteiger partial charge in [-0.2, -0.15) is 0 Å². The first kappa shape index (κ1) is 12.3. The van der Waals surface area contributed by atoms with Gasteiger partial charge in [0.05, 0.1) is 25.4 Å². The molecule has 2 saturated heterocycles. The Bertz CT molecular complexity index is 201. The molecule has 4 nitrogen and oxygen atoms in total. The average Bonchev–Trinajstić information content (AvgIpc) is 2.90. The first-order valence-electron chi connectivity index (χ1n) is 6.35. The van der Waals surface area contributed by atoms with E-state index in [0.717, 1.165) is 19.6 Å². The molecule has 0 amide bonds. The van der Waals surface area contributed by atoms with Crippen LogP contribution in [0, 0.1) is 0 Å². The van der Waals surface area contributed by atoms with Crippen LogP contribution < -0.4 is 5.32 Å². The molecule has 1 N–H and O–H groups in total. The number of ether oxygens (including phenoxy) is 3. The van der Waals surface area contributed by atoms with Gasteiger partial charge in [-0.15, -0.1) is 0 Å². The lowest BCUT2D eigenvalue weighted by Crippen LogP contribution is -2.38. The Labute approximate surface area is 97.6 Å². The summed E-state index contributed by atoms with van der Waals surface area (Å²) in [7, 11) is 1.69. The smallest absolute Gasteiger partial charge is 0.0733 e. The Hall–Kier alpha value is -0.160. The lowest BCUT2D eigenvalue weighted by atomic mass is 9.95. The number of hydrogen-bond donors (Lipinski definition) is 1. The predicted octanol–water partition coefficient (Wildman–Crippen LogP) is 0.949. The van der Waals surface area contributed by atoms with Crippen molar-refractivity contribution in [1.29, 1.82) is 0 Å². The second-order valence-corrected chi connectivity index (χ2v) is 4.63. The summed E-state index contributed by atoms with van der Waals surface area (Å²) in [5.41, 5.74) is 0. The molecule has 0 aromatic rings. The van der Waals surface area contributed by atoms with Crippen molar-refractivity contribution in [2.75, 3.05) is 33.5 Å². The Morgan fingerprint density at radius 3 is 2.88 bits per heavy atom. The molecule has 0 aliphatic carbocycles. The SMILES string of the molecule is COCCOCCCNC1CC2CCC1O2. The molecule has 0 radical (unpaired) electrons. The van der Waals surface area contributed by atoms with Gasteiger partial charge in [-0.25, -0.2) is 0 Å². The summed E-state index contributed by atoms with van der Waals surface area (Å²) in [6.07, 6.45) is 5.81. The van der Waals surface area contributed by atoms with Crippen LogP contribution in [0.25, 0.3) is 0 Å². The van der Waals surface area contributed by atoms with Crippen LogP contribution in [-0.2, 0) is 14.2 Å². The van der Waals surface area contributed by atoms with Gasteiger partial charge in [0.15, 0.2) is 0 Å². The van der Waals surface area contributed by atoms with Crippen LogP contribution in [-0.4, -0.2) is 51.7 Å². The van der Waals surface area contributed by atoms with E-state index >= 15 is 0 Å². The molecule has 0 spiro atoms. The van der Waals surface area contributed by atoms with Gasteiger partial charge in [0.2, 0.25) is 0 Å². The van der Waals surface area contributed by atoms with Gasteiger partial charge in [-0.3, -0.25) is 0 Å². The minimum atomic E-state index is 0.486. The fourth-order valence-electron chi connectivity index (χ4n) is 2.56. The maximum absolute atomic E-state index is 5.78. The first-order valence-corrected chi connectivity index (χ1v) is 6.35. The quantitative estimate of drug-likeness (QED) is 0.629. The Morgan fingerprint density at radius 1 is 1.25 bits per heavy atom. The van der Waals surface area contributed by atoms with Gasteiger partial charge in [-0.1, -0.05) is 0 Å². The van der Waals surface area contributed by atoms with Crippen LogP contribution in [0.2, 0.25) is 0 Å². The predicted molar refractivity (Wildman–Crippen MR) is 61.6 cm³/mol. The zero-order valence-corrected chi connectivity index (χ0v) is 10.1. The van der Waals surface area contributed by atoms with Crippen LogP contribution in [0.1, 0.15) is 25.7 Å². The monoisotopic (exact) mass is 229 g/mol. The second-order valence-electron chi connectivity index (χ2n) is 4.63. The van der Waals surface area contributed by atoms with Crippen LogP contribution in [0.3, 0.4) is 0 Å². The molecule has 94 valence electrons. The van der Waals surface area contributed by atoms with E-state index < -0.39 is 0 Å². The third-order valence-corrected chi connectivity index (χ3v) is 3.41. The molecule has 0 aromatic heterocycles. The molecule has 0 aromatic carbocycles. The number of rotatable bonds is 8. The number of nitrogens with one attached hydrogen (secondary N) is 1. The van der Waals surface area contributed by atoms with Gasteiger partial charge >= 0.3 is 0 Å². The average molecular weight is 229 g/mol. The lowest BCUT2D eigenvalue weighted by Gasteiger charge is -2.19. The van der Waals surface area contributed by atoms with Crippen LogP contribution in [0.15, 0.2) is 0 Å². The van der Waals surface area contributed by atoms with Crippen molar-refractivity contribution in [3.05, 3.63) is 0 Å². The third kappa shape index (κ3) is 3.42. The minimum Gasteiger partial charge on any atom is -0.382 e. The standard InChI is InChI=1S/C12H23NO3/c1-14-7-8-15-6-2-5-13-11-9-10-3-4-12(11)16-10/h10-13H,2-9H2,1H3. The molecule has 4 heteroatoms. The molecule has 2 bridgehead atoms. The molecule has 0 saturated carbocycles. The summed E-state index contributed by atoms with van der Waals surface area (Å²) in [5, 5.41) is 3.57. The maximum atomic E-state index is 5.78. The van der Waals surface area contributed by atoms with E-state index in [1.807, 2.05) is 0 Å². The Morgan fingerprint density at radius 2 is 2.19 bits per heavy atom. The lowest BCUT2D eigenvalue weighted by molar-refractivity contribution is 0.0684. The topological polar surface area (TPSA) is 39.7 Å². The van der Waals surface area contributed by atoms with E-state index in [1.165, 1.54) is 19.3 Å². The molecule has 2 aliphatic heterocycles. The molecule has 2 aliphatic rings. The molecule has 2 heterocycles. The first-order chi connectivity index (χ1) is 7.90. The van der Waals surface area contributed by atoms with Gasteiger partial charge in [-0.05, 0) is 32.2 Å². The Kier molecular flexibility index (Phi) is 5.03. The minimum absolute atomic E-state index is 0.486. The van der Waals surface area contributed by atoms with Gasteiger partial charge in [0.1, 0.15) is 0 Å². The van der Waals surface area contributed by atoms with E-state index in [-0.39, 0.29) is 0 Å². The molecular formula is C12H23NO3. The molecule has 2 rings (SSSR count). The van der Waals surface area contributed by atoms with Gasteiger partial charge in [0.25, 0.3) is 0 Å². The summed E-state index contributed by atoms with van der Waals surface area (Å²) in [6.45, 7) is 3.24. The molecule has 2 fully saturated rings. The van der Waals surface area contributed by atoms with Crippen LogP contribution in [0.5, 0.6) is 0 Å². The van der Waals surface area contributed by atoms with Crippen molar-refractivity contribution in [2.45, 2.75) is 43.9 Å². The maximum Gasteiger partial charge on any atom is 0.0733 e. The largest absolute Gasteiger partial charge is 0.382 e. The summed E-state index contributed by atoms with van der Waals surface area (Å²) >= 11 is 0. The van der Waals surface area contributed by atoms with Crippen molar-refractivity contribution in [3.8, 4) is 0 Å². The fraction of sp³-hybridized carbons (Fsp3) is 1.00.